The number of benzene rings is 2. The van der Waals surface area contributed by atoms with Crippen LogP contribution < -0.4 is 4.74 Å². The van der Waals surface area contributed by atoms with Crippen molar-refractivity contribution in [2.75, 3.05) is 6.61 Å². The first kappa shape index (κ1) is 22.5. The van der Waals surface area contributed by atoms with Crippen LogP contribution in [0.2, 0.25) is 0 Å². The molecule has 1 amide bonds. The number of rotatable bonds is 9. The molecular weight excluding hydrogens is 438 g/mol. The predicted octanol–water partition coefficient (Wildman–Crippen LogP) is 3.44. The maximum atomic E-state index is 13.0. The van der Waals surface area contributed by atoms with E-state index in [-0.39, 0.29) is 23.8 Å². The standard InChI is InChI=1S/C22H19NO6S2/c24-19(25)9-10-29-16-8-4-7-15(11-16)13-18-20(26)23(22(30)31-18)17(21(27)28)12-14-5-2-1-3-6-14/h1-8,11,13,17H,9-10,12H2,(H,24,25)(H,27,28)/b18-13-. The van der Waals surface area contributed by atoms with Gasteiger partial charge in [-0.05, 0) is 29.3 Å². The van der Waals surface area contributed by atoms with Gasteiger partial charge in [0.1, 0.15) is 16.1 Å². The molecule has 2 aromatic carbocycles. The van der Waals surface area contributed by atoms with Crippen LogP contribution in [0.3, 0.4) is 0 Å². The van der Waals surface area contributed by atoms with Crippen LogP contribution in [0, 0.1) is 0 Å². The summed E-state index contributed by atoms with van der Waals surface area (Å²) in [6.07, 6.45) is 1.63. The van der Waals surface area contributed by atoms with Gasteiger partial charge >= 0.3 is 11.9 Å². The lowest BCUT2D eigenvalue weighted by Crippen LogP contribution is -2.45. The Bertz CT molecular complexity index is 1040. The molecule has 160 valence electrons. The van der Waals surface area contributed by atoms with Gasteiger partial charge in [-0.2, -0.15) is 0 Å². The quantitative estimate of drug-likeness (QED) is 0.436. The smallest absolute Gasteiger partial charge is 0.327 e. The highest BCUT2D eigenvalue weighted by Crippen LogP contribution is 2.35. The first-order valence-electron chi connectivity index (χ1n) is 9.33. The van der Waals surface area contributed by atoms with E-state index in [1.54, 1.807) is 42.5 Å². The van der Waals surface area contributed by atoms with Crippen LogP contribution >= 0.6 is 24.0 Å². The molecule has 9 heteroatoms. The van der Waals surface area contributed by atoms with Crippen molar-refractivity contribution in [1.29, 1.82) is 0 Å². The predicted molar refractivity (Wildman–Crippen MR) is 121 cm³/mol. The zero-order valence-corrected chi connectivity index (χ0v) is 17.9. The van der Waals surface area contributed by atoms with Gasteiger partial charge in [-0.15, -0.1) is 0 Å². The number of carboxylic acid groups (broad SMARTS) is 2. The minimum absolute atomic E-state index is 0.0285. The number of carboxylic acids is 2. The molecule has 1 saturated heterocycles. The van der Waals surface area contributed by atoms with Crippen LogP contribution in [-0.2, 0) is 20.8 Å². The second-order valence-electron chi connectivity index (χ2n) is 6.66. The summed E-state index contributed by atoms with van der Waals surface area (Å²) < 4.78 is 5.60. The molecule has 1 fully saturated rings. The average Bonchev–Trinajstić information content (AvgIpc) is 3.00. The van der Waals surface area contributed by atoms with E-state index in [1.165, 1.54) is 0 Å². The lowest BCUT2D eigenvalue weighted by molar-refractivity contribution is -0.145. The van der Waals surface area contributed by atoms with E-state index in [2.05, 4.69) is 0 Å². The van der Waals surface area contributed by atoms with E-state index < -0.39 is 23.9 Å². The molecule has 7 nitrogen and oxygen atoms in total. The van der Waals surface area contributed by atoms with Crippen molar-refractivity contribution < 1.29 is 29.3 Å². The van der Waals surface area contributed by atoms with E-state index in [0.717, 1.165) is 22.2 Å². The molecule has 1 unspecified atom stereocenters. The van der Waals surface area contributed by atoms with E-state index in [4.69, 9.17) is 22.1 Å². The fraction of sp³-hybridized carbons (Fsp3) is 0.182. The second kappa shape index (κ2) is 10.2. The maximum Gasteiger partial charge on any atom is 0.327 e. The molecular formula is C22H19NO6S2. The highest BCUT2D eigenvalue weighted by Gasteiger charge is 2.40. The largest absolute Gasteiger partial charge is 0.493 e. The van der Waals surface area contributed by atoms with E-state index in [9.17, 15) is 19.5 Å². The number of aliphatic carboxylic acids is 2. The number of thiocarbonyl (C=S) groups is 1. The summed E-state index contributed by atoms with van der Waals surface area (Å²) >= 11 is 6.36. The summed E-state index contributed by atoms with van der Waals surface area (Å²) in [6.45, 7) is 0.0285. The molecule has 0 aliphatic carbocycles. The van der Waals surface area contributed by atoms with E-state index in [1.807, 2.05) is 18.2 Å². The minimum Gasteiger partial charge on any atom is -0.493 e. The van der Waals surface area contributed by atoms with Gasteiger partial charge in [-0.1, -0.05) is 66.4 Å². The number of ether oxygens (including phenoxy) is 1. The second-order valence-corrected chi connectivity index (χ2v) is 8.34. The summed E-state index contributed by atoms with van der Waals surface area (Å²) in [5, 5.41) is 18.4. The Morgan fingerprint density at radius 2 is 1.87 bits per heavy atom. The average molecular weight is 458 g/mol. The number of nitrogens with zero attached hydrogens (tertiary/aromatic N) is 1. The molecule has 1 heterocycles. The van der Waals surface area contributed by atoms with Crippen LogP contribution in [0.4, 0.5) is 0 Å². The molecule has 0 saturated carbocycles. The van der Waals surface area contributed by atoms with Crippen molar-refractivity contribution in [2.45, 2.75) is 18.9 Å². The molecule has 0 radical (unpaired) electrons. The number of carbonyl (C=O) groups is 3. The Morgan fingerprint density at radius 3 is 2.55 bits per heavy atom. The highest BCUT2D eigenvalue weighted by molar-refractivity contribution is 8.26. The van der Waals surface area contributed by atoms with Gasteiger partial charge in [0.15, 0.2) is 0 Å². The van der Waals surface area contributed by atoms with Crippen molar-refractivity contribution in [3.8, 4) is 5.75 Å². The van der Waals surface area contributed by atoms with Gasteiger partial charge in [0.2, 0.25) is 0 Å². The van der Waals surface area contributed by atoms with Crippen molar-refractivity contribution in [3.05, 3.63) is 70.6 Å². The number of thioether (sulfide) groups is 1. The van der Waals surface area contributed by atoms with Gasteiger partial charge in [-0.25, -0.2) is 4.79 Å². The maximum absolute atomic E-state index is 13.0. The fourth-order valence-corrected chi connectivity index (χ4v) is 4.33. The topological polar surface area (TPSA) is 104 Å². The Morgan fingerprint density at radius 1 is 1.13 bits per heavy atom. The summed E-state index contributed by atoms with van der Waals surface area (Å²) in [4.78, 5) is 37.0. The SMILES string of the molecule is O=C(O)CCOc1cccc(/C=C2\SC(=S)N(C(Cc3ccccc3)C(=O)O)C2=O)c1. The van der Waals surface area contributed by atoms with Crippen molar-refractivity contribution in [1.82, 2.24) is 4.90 Å². The Labute approximate surface area is 188 Å². The zero-order valence-electron chi connectivity index (χ0n) is 16.3. The van der Waals surface area contributed by atoms with Crippen molar-refractivity contribution in [3.63, 3.8) is 0 Å². The molecule has 0 aromatic heterocycles. The van der Waals surface area contributed by atoms with Crippen LogP contribution in [0.1, 0.15) is 17.5 Å². The van der Waals surface area contributed by atoms with Crippen molar-refractivity contribution >= 4 is 52.2 Å². The lowest BCUT2D eigenvalue weighted by Gasteiger charge is -2.23. The number of carbonyl (C=O) groups excluding carboxylic acids is 1. The molecule has 0 spiro atoms. The third-order valence-electron chi connectivity index (χ3n) is 4.43. The normalized spacial score (nSPS) is 15.9. The van der Waals surface area contributed by atoms with Crippen LogP contribution in [0.5, 0.6) is 5.75 Å². The molecule has 0 bridgehead atoms. The molecule has 2 aromatic rings. The molecule has 2 N–H and O–H groups in total. The Kier molecular flexibility index (Phi) is 7.43. The summed E-state index contributed by atoms with van der Waals surface area (Å²) in [5.41, 5.74) is 1.45. The Hall–Kier alpha value is -3.17. The summed E-state index contributed by atoms with van der Waals surface area (Å²) in [6, 6.07) is 14.8. The first-order valence-corrected chi connectivity index (χ1v) is 10.6. The molecule has 1 aliphatic heterocycles. The van der Waals surface area contributed by atoms with E-state index in [0.29, 0.717) is 16.2 Å². The molecule has 3 rings (SSSR count). The third-order valence-corrected chi connectivity index (χ3v) is 5.76. The lowest BCUT2D eigenvalue weighted by atomic mass is 10.0. The number of hydrogen-bond donors (Lipinski definition) is 2. The first-order chi connectivity index (χ1) is 14.8. The van der Waals surface area contributed by atoms with Gasteiger partial charge in [-0.3, -0.25) is 14.5 Å². The zero-order chi connectivity index (χ0) is 22.4. The molecule has 1 aliphatic rings. The summed E-state index contributed by atoms with van der Waals surface area (Å²) in [5.74, 6) is -2.08. The van der Waals surface area contributed by atoms with Crippen LogP contribution in [-0.4, -0.2) is 49.9 Å². The van der Waals surface area contributed by atoms with Gasteiger partial charge in [0, 0.05) is 6.42 Å². The van der Waals surface area contributed by atoms with Crippen LogP contribution in [0.15, 0.2) is 59.5 Å². The van der Waals surface area contributed by atoms with Gasteiger partial charge in [0.25, 0.3) is 5.91 Å². The number of hydrogen-bond acceptors (Lipinski definition) is 6. The van der Waals surface area contributed by atoms with E-state index >= 15 is 0 Å². The fourth-order valence-electron chi connectivity index (χ4n) is 2.98. The monoisotopic (exact) mass is 457 g/mol. The summed E-state index contributed by atoms with van der Waals surface area (Å²) in [7, 11) is 0. The molecule has 1 atom stereocenters. The van der Waals surface area contributed by atoms with Gasteiger partial charge in [0.05, 0.1) is 17.9 Å². The highest BCUT2D eigenvalue weighted by atomic mass is 32.2. The van der Waals surface area contributed by atoms with Crippen LogP contribution in [0.25, 0.3) is 6.08 Å². The minimum atomic E-state index is -1.13. The number of amides is 1. The molecule has 31 heavy (non-hydrogen) atoms. The Balaban J connectivity index is 1.78. The third kappa shape index (κ3) is 5.93. The van der Waals surface area contributed by atoms with Crippen molar-refractivity contribution in [2.24, 2.45) is 0 Å². The van der Waals surface area contributed by atoms with Gasteiger partial charge < -0.3 is 14.9 Å².